The van der Waals surface area contributed by atoms with E-state index in [0.29, 0.717) is 5.75 Å². The molecule has 0 spiro atoms. The molecule has 0 bridgehead atoms. The summed E-state index contributed by atoms with van der Waals surface area (Å²) in [4.78, 5) is 12.1. The number of nitrogens with one attached hydrogen (secondary N) is 1. The van der Waals surface area contributed by atoms with Crippen molar-refractivity contribution in [2.24, 2.45) is 0 Å². The molecule has 0 aliphatic rings. The largest absolute Gasteiger partial charge is 0.495 e. The number of hydrogen-bond acceptors (Lipinski definition) is 4. The van der Waals surface area contributed by atoms with Gasteiger partial charge < -0.3 is 10.1 Å². The molecule has 0 fully saturated rings. The number of amides is 1. The maximum absolute atomic E-state index is 13.6. The van der Waals surface area contributed by atoms with E-state index in [4.69, 9.17) is 4.74 Å². The molecular weight excluding hydrogens is 378 g/mol. The Hall–Kier alpha value is -2.68. The van der Waals surface area contributed by atoms with Crippen LogP contribution in [-0.2, 0) is 14.8 Å². The van der Waals surface area contributed by atoms with Crippen LogP contribution in [0.25, 0.3) is 0 Å². The number of rotatable bonds is 7. The van der Waals surface area contributed by atoms with Crippen molar-refractivity contribution in [1.82, 2.24) is 0 Å². The van der Waals surface area contributed by atoms with E-state index in [1.54, 1.807) is 25.1 Å². The molecule has 2 aromatic carbocycles. The van der Waals surface area contributed by atoms with Gasteiger partial charge in [-0.15, -0.1) is 0 Å². The van der Waals surface area contributed by atoms with Gasteiger partial charge in [0.15, 0.2) is 0 Å². The van der Waals surface area contributed by atoms with Gasteiger partial charge in [0.1, 0.15) is 23.1 Å². The third-order valence-corrected chi connectivity index (χ3v) is 4.95. The zero-order valence-corrected chi connectivity index (χ0v) is 15.9. The Morgan fingerprint density at radius 1 is 1.19 bits per heavy atom. The lowest BCUT2D eigenvalue weighted by molar-refractivity contribution is -0.116. The fourth-order valence-electron chi connectivity index (χ4n) is 2.48. The third-order valence-electron chi connectivity index (χ3n) is 3.77. The Bertz CT molecular complexity index is 928. The lowest BCUT2D eigenvalue weighted by atomic mass is 10.2. The molecule has 0 aromatic heterocycles. The molecule has 1 N–H and O–H groups in total. The number of carbonyl (C=O) groups excluding carboxylic acids is 1. The summed E-state index contributed by atoms with van der Waals surface area (Å²) in [5.41, 5.74) is 0.517. The second-order valence-electron chi connectivity index (χ2n) is 5.91. The number of hydrogen-bond donors (Lipinski definition) is 1. The van der Waals surface area contributed by atoms with Crippen molar-refractivity contribution in [3.8, 4) is 5.75 Å². The number of para-hydroxylation sites is 1. The number of nitrogens with zero attached hydrogens (tertiary/aromatic N) is 1. The van der Waals surface area contributed by atoms with Gasteiger partial charge in [-0.05, 0) is 36.8 Å². The van der Waals surface area contributed by atoms with Crippen LogP contribution in [0.5, 0.6) is 5.75 Å². The fourth-order valence-corrected chi connectivity index (χ4v) is 3.40. The normalized spacial score (nSPS) is 11.1. The first kappa shape index (κ1) is 20.6. The second kappa shape index (κ2) is 8.34. The van der Waals surface area contributed by atoms with Gasteiger partial charge in [0.25, 0.3) is 0 Å². The van der Waals surface area contributed by atoms with Gasteiger partial charge in [0, 0.05) is 13.0 Å². The minimum atomic E-state index is -3.73. The number of anilines is 2. The quantitative estimate of drug-likeness (QED) is 0.778. The fraction of sp³-hybridized carbons (Fsp3) is 0.278. The lowest BCUT2D eigenvalue weighted by Crippen LogP contribution is -2.33. The summed E-state index contributed by atoms with van der Waals surface area (Å²) in [6.45, 7) is 1.57. The van der Waals surface area contributed by atoms with Crippen molar-refractivity contribution in [2.45, 2.75) is 13.3 Å². The van der Waals surface area contributed by atoms with Crippen molar-refractivity contribution in [2.75, 3.05) is 29.5 Å². The average Bonchev–Trinajstić information content (AvgIpc) is 2.57. The Kier molecular flexibility index (Phi) is 6.37. The summed E-state index contributed by atoms with van der Waals surface area (Å²) in [7, 11) is -2.32. The van der Waals surface area contributed by atoms with E-state index in [1.165, 1.54) is 13.2 Å². The van der Waals surface area contributed by atoms with Crippen LogP contribution in [0.15, 0.2) is 36.4 Å². The molecule has 0 aliphatic carbocycles. The predicted molar refractivity (Wildman–Crippen MR) is 99.5 cm³/mol. The van der Waals surface area contributed by atoms with Crippen molar-refractivity contribution < 1.29 is 26.7 Å². The molecule has 2 rings (SSSR count). The van der Waals surface area contributed by atoms with E-state index in [2.05, 4.69) is 5.32 Å². The molecule has 6 nitrogen and oxygen atoms in total. The van der Waals surface area contributed by atoms with Crippen LogP contribution in [0.1, 0.15) is 12.0 Å². The van der Waals surface area contributed by atoms with Crippen molar-refractivity contribution >= 4 is 27.3 Å². The number of sulfonamides is 1. The van der Waals surface area contributed by atoms with Crippen LogP contribution in [0.4, 0.5) is 20.2 Å². The average molecular weight is 398 g/mol. The highest BCUT2D eigenvalue weighted by molar-refractivity contribution is 7.92. The van der Waals surface area contributed by atoms with Crippen LogP contribution in [0.3, 0.4) is 0 Å². The highest BCUT2D eigenvalue weighted by Crippen LogP contribution is 2.31. The van der Waals surface area contributed by atoms with E-state index in [0.717, 1.165) is 28.3 Å². The van der Waals surface area contributed by atoms with Gasteiger partial charge >= 0.3 is 0 Å². The first-order valence-corrected chi connectivity index (χ1v) is 9.84. The van der Waals surface area contributed by atoms with E-state index >= 15 is 0 Å². The van der Waals surface area contributed by atoms with Gasteiger partial charge in [-0.3, -0.25) is 9.10 Å². The number of halogens is 2. The molecule has 27 heavy (non-hydrogen) atoms. The number of methoxy groups -OCH3 is 1. The second-order valence-corrected chi connectivity index (χ2v) is 7.81. The standard InChI is InChI=1S/C18H20F2N2O4S/c1-12-7-8-16(26-2)15(11-12)22(27(3,24)25)10-9-17(23)21-18-13(19)5-4-6-14(18)20/h4-8,11H,9-10H2,1-3H3,(H,21,23). The molecule has 2 aromatic rings. The molecule has 0 aliphatic heterocycles. The van der Waals surface area contributed by atoms with Gasteiger partial charge in [-0.2, -0.15) is 0 Å². The van der Waals surface area contributed by atoms with Crippen LogP contribution in [0.2, 0.25) is 0 Å². The number of ether oxygens (including phenoxy) is 1. The van der Waals surface area contributed by atoms with Gasteiger partial charge in [-0.25, -0.2) is 17.2 Å². The molecule has 0 saturated carbocycles. The van der Waals surface area contributed by atoms with E-state index in [-0.39, 0.29) is 18.7 Å². The van der Waals surface area contributed by atoms with Gasteiger partial charge in [0.2, 0.25) is 15.9 Å². The van der Waals surface area contributed by atoms with Gasteiger partial charge in [-0.1, -0.05) is 12.1 Å². The Labute approximate surface area is 156 Å². The van der Waals surface area contributed by atoms with Crippen LogP contribution >= 0.6 is 0 Å². The highest BCUT2D eigenvalue weighted by Gasteiger charge is 2.23. The molecular formula is C18H20F2N2O4S. The minimum Gasteiger partial charge on any atom is -0.495 e. The topological polar surface area (TPSA) is 75.7 Å². The highest BCUT2D eigenvalue weighted by atomic mass is 32.2. The maximum atomic E-state index is 13.6. The summed E-state index contributed by atoms with van der Waals surface area (Å²) in [6, 6.07) is 8.20. The lowest BCUT2D eigenvalue weighted by Gasteiger charge is -2.24. The summed E-state index contributed by atoms with van der Waals surface area (Å²) in [6.07, 6.45) is 0.696. The molecule has 0 saturated heterocycles. The molecule has 9 heteroatoms. The van der Waals surface area contributed by atoms with Crippen LogP contribution in [-0.4, -0.2) is 34.2 Å². The van der Waals surface area contributed by atoms with Crippen molar-refractivity contribution in [1.29, 1.82) is 0 Å². The molecule has 0 heterocycles. The van der Waals surface area contributed by atoms with Gasteiger partial charge in [0.05, 0.1) is 19.1 Å². The molecule has 0 unspecified atom stereocenters. The smallest absolute Gasteiger partial charge is 0.232 e. The van der Waals surface area contributed by atoms with Crippen molar-refractivity contribution in [3.05, 3.63) is 53.6 Å². The first-order chi connectivity index (χ1) is 12.6. The van der Waals surface area contributed by atoms with E-state index in [9.17, 15) is 22.0 Å². The zero-order chi connectivity index (χ0) is 20.2. The summed E-state index contributed by atoms with van der Waals surface area (Å²) in [5.74, 6) is -2.22. The SMILES string of the molecule is COc1ccc(C)cc1N(CCC(=O)Nc1c(F)cccc1F)S(C)(=O)=O. The molecule has 0 atom stereocenters. The summed E-state index contributed by atoms with van der Waals surface area (Å²) >= 11 is 0. The molecule has 1 amide bonds. The van der Waals surface area contributed by atoms with Crippen LogP contribution < -0.4 is 14.4 Å². The van der Waals surface area contributed by atoms with Crippen molar-refractivity contribution in [3.63, 3.8) is 0 Å². The third kappa shape index (κ3) is 5.16. The number of benzene rings is 2. The molecule has 146 valence electrons. The summed E-state index contributed by atoms with van der Waals surface area (Å²) in [5, 5.41) is 2.14. The van der Waals surface area contributed by atoms with E-state index < -0.39 is 33.3 Å². The number of carbonyl (C=O) groups is 1. The Morgan fingerprint density at radius 2 is 1.81 bits per heavy atom. The van der Waals surface area contributed by atoms with Crippen LogP contribution in [0, 0.1) is 18.6 Å². The maximum Gasteiger partial charge on any atom is 0.232 e. The zero-order valence-electron chi connectivity index (χ0n) is 15.1. The minimum absolute atomic E-state index is 0.222. The Morgan fingerprint density at radius 3 is 2.37 bits per heavy atom. The first-order valence-electron chi connectivity index (χ1n) is 7.99. The summed E-state index contributed by atoms with van der Waals surface area (Å²) < 4.78 is 57.9. The monoisotopic (exact) mass is 398 g/mol. The number of aryl methyl sites for hydroxylation is 1. The predicted octanol–water partition coefficient (Wildman–Crippen LogP) is 3.08. The van der Waals surface area contributed by atoms with E-state index in [1.807, 2.05) is 0 Å². The Balaban J connectivity index is 2.21. The molecule has 0 radical (unpaired) electrons.